The van der Waals surface area contributed by atoms with Crippen LogP contribution >= 0.6 is 0 Å². The fourth-order valence-corrected chi connectivity index (χ4v) is 1.93. The fraction of sp³-hybridized carbons (Fsp3) is 0.500. The van der Waals surface area contributed by atoms with Crippen LogP contribution < -0.4 is 5.32 Å². The Bertz CT molecular complexity index is 519. The zero-order valence-electron chi connectivity index (χ0n) is 12.0. The molecule has 1 unspecified atom stereocenters. The van der Waals surface area contributed by atoms with Gasteiger partial charge in [0.2, 0.25) is 5.95 Å². The maximum absolute atomic E-state index is 4.56. The average Bonchev–Trinajstić information content (AvgIpc) is 2.80. The minimum atomic E-state index is 0.246. The summed E-state index contributed by atoms with van der Waals surface area (Å²) in [6, 6.07) is 2.28. The van der Waals surface area contributed by atoms with E-state index in [1.165, 1.54) is 0 Å². The van der Waals surface area contributed by atoms with Crippen molar-refractivity contribution in [2.75, 3.05) is 5.32 Å². The van der Waals surface area contributed by atoms with Crippen molar-refractivity contribution in [3.63, 3.8) is 0 Å². The number of nitrogens with zero attached hydrogens (tertiary/aromatic N) is 4. The summed E-state index contributed by atoms with van der Waals surface area (Å²) in [6.07, 6.45) is 5.55. The van der Waals surface area contributed by atoms with Crippen LogP contribution in [0.15, 0.2) is 24.8 Å². The molecule has 2 heterocycles. The predicted molar refractivity (Wildman–Crippen MR) is 76.2 cm³/mol. The van der Waals surface area contributed by atoms with Gasteiger partial charge in [0.05, 0.1) is 6.33 Å². The molecule has 5 nitrogen and oxygen atoms in total. The molecule has 0 aliphatic rings. The van der Waals surface area contributed by atoms with Crippen LogP contribution in [-0.4, -0.2) is 25.6 Å². The van der Waals surface area contributed by atoms with Crippen molar-refractivity contribution in [3.8, 4) is 0 Å². The first-order valence-electron chi connectivity index (χ1n) is 6.62. The highest BCUT2D eigenvalue weighted by Crippen LogP contribution is 2.15. The van der Waals surface area contributed by atoms with E-state index in [2.05, 4.69) is 41.0 Å². The van der Waals surface area contributed by atoms with Crippen LogP contribution in [0.25, 0.3) is 0 Å². The van der Waals surface area contributed by atoms with Crippen molar-refractivity contribution < 1.29 is 0 Å². The second-order valence-electron chi connectivity index (χ2n) is 5.22. The average molecular weight is 259 g/mol. The zero-order valence-corrected chi connectivity index (χ0v) is 12.0. The van der Waals surface area contributed by atoms with Gasteiger partial charge < -0.3 is 9.88 Å². The van der Waals surface area contributed by atoms with Crippen molar-refractivity contribution in [1.29, 1.82) is 0 Å². The van der Waals surface area contributed by atoms with Gasteiger partial charge in [0, 0.05) is 36.4 Å². The lowest BCUT2D eigenvalue weighted by Gasteiger charge is -2.16. The molecular weight excluding hydrogens is 238 g/mol. The van der Waals surface area contributed by atoms with Crippen molar-refractivity contribution in [2.24, 2.45) is 0 Å². The Hall–Kier alpha value is -1.91. The molecule has 0 aromatic carbocycles. The highest BCUT2D eigenvalue weighted by Gasteiger charge is 2.08. The molecule has 0 aliphatic carbocycles. The monoisotopic (exact) mass is 259 g/mol. The quantitative estimate of drug-likeness (QED) is 0.896. The Morgan fingerprint density at radius 3 is 2.68 bits per heavy atom. The van der Waals surface area contributed by atoms with Crippen molar-refractivity contribution >= 4 is 5.95 Å². The molecule has 1 atom stereocenters. The molecule has 0 aliphatic heterocycles. The summed E-state index contributed by atoms with van der Waals surface area (Å²) in [7, 11) is 0. The van der Waals surface area contributed by atoms with Gasteiger partial charge in [-0.3, -0.25) is 0 Å². The number of aryl methyl sites for hydroxylation is 1. The zero-order chi connectivity index (χ0) is 13.8. The number of nitrogens with one attached hydrogen (secondary N) is 1. The Morgan fingerprint density at radius 1 is 1.26 bits per heavy atom. The lowest BCUT2D eigenvalue weighted by molar-refractivity contribution is 0.613. The SMILES string of the molecule is Cc1cc(C(C)C)nc(NC(C)Cn2ccnc2)n1. The normalized spacial score (nSPS) is 12.7. The second kappa shape index (κ2) is 5.82. The lowest BCUT2D eigenvalue weighted by atomic mass is 10.1. The van der Waals surface area contributed by atoms with Crippen LogP contribution in [-0.2, 0) is 6.54 Å². The molecule has 0 saturated carbocycles. The molecule has 0 amide bonds. The summed E-state index contributed by atoms with van der Waals surface area (Å²) < 4.78 is 2.04. The van der Waals surface area contributed by atoms with E-state index in [4.69, 9.17) is 0 Å². The maximum atomic E-state index is 4.56. The summed E-state index contributed by atoms with van der Waals surface area (Å²) in [5.41, 5.74) is 2.07. The molecule has 19 heavy (non-hydrogen) atoms. The van der Waals surface area contributed by atoms with Crippen molar-refractivity contribution in [2.45, 2.75) is 46.2 Å². The smallest absolute Gasteiger partial charge is 0.223 e. The van der Waals surface area contributed by atoms with Crippen LogP contribution in [0, 0.1) is 6.92 Å². The lowest BCUT2D eigenvalue weighted by Crippen LogP contribution is -2.23. The van der Waals surface area contributed by atoms with E-state index >= 15 is 0 Å². The molecule has 0 saturated heterocycles. The number of anilines is 1. The molecule has 0 fully saturated rings. The van der Waals surface area contributed by atoms with Gasteiger partial charge in [0.25, 0.3) is 0 Å². The molecule has 0 radical (unpaired) electrons. The van der Waals surface area contributed by atoms with Gasteiger partial charge in [-0.2, -0.15) is 0 Å². The van der Waals surface area contributed by atoms with E-state index in [1.807, 2.05) is 30.1 Å². The minimum Gasteiger partial charge on any atom is -0.350 e. The van der Waals surface area contributed by atoms with Crippen molar-refractivity contribution in [1.82, 2.24) is 19.5 Å². The molecule has 2 rings (SSSR count). The number of aromatic nitrogens is 4. The van der Waals surface area contributed by atoms with Gasteiger partial charge in [-0.1, -0.05) is 13.8 Å². The molecule has 2 aromatic rings. The highest BCUT2D eigenvalue weighted by atomic mass is 15.1. The van der Waals surface area contributed by atoms with E-state index < -0.39 is 0 Å². The van der Waals surface area contributed by atoms with Gasteiger partial charge in [-0.15, -0.1) is 0 Å². The standard InChI is InChI=1S/C14H21N5/c1-10(2)13-7-11(3)16-14(18-13)17-12(4)8-19-6-5-15-9-19/h5-7,9-10,12H,8H2,1-4H3,(H,16,17,18). The van der Waals surface area contributed by atoms with Crippen molar-refractivity contribution in [3.05, 3.63) is 36.2 Å². The van der Waals surface area contributed by atoms with Crippen LogP contribution in [0.3, 0.4) is 0 Å². The van der Waals surface area contributed by atoms with Gasteiger partial charge in [-0.25, -0.2) is 15.0 Å². The number of hydrogen-bond acceptors (Lipinski definition) is 4. The Balaban J connectivity index is 2.05. The van der Waals surface area contributed by atoms with E-state index in [1.54, 1.807) is 6.20 Å². The minimum absolute atomic E-state index is 0.246. The van der Waals surface area contributed by atoms with Crippen LogP contribution in [0.1, 0.15) is 38.1 Å². The highest BCUT2D eigenvalue weighted by molar-refractivity contribution is 5.30. The Morgan fingerprint density at radius 2 is 2.05 bits per heavy atom. The van der Waals surface area contributed by atoms with E-state index in [9.17, 15) is 0 Å². The predicted octanol–water partition coefficient (Wildman–Crippen LogP) is 2.61. The second-order valence-corrected chi connectivity index (χ2v) is 5.22. The molecule has 5 heteroatoms. The van der Waals surface area contributed by atoms with E-state index in [-0.39, 0.29) is 6.04 Å². The molecule has 102 valence electrons. The van der Waals surface area contributed by atoms with Crippen LogP contribution in [0.2, 0.25) is 0 Å². The Labute approximate surface area is 114 Å². The first-order valence-corrected chi connectivity index (χ1v) is 6.62. The molecular formula is C14H21N5. The molecule has 0 spiro atoms. The summed E-state index contributed by atoms with van der Waals surface area (Å²) in [4.78, 5) is 13.0. The first kappa shape index (κ1) is 13.5. The third-order valence-corrected chi connectivity index (χ3v) is 2.88. The van der Waals surface area contributed by atoms with Gasteiger partial charge >= 0.3 is 0 Å². The third-order valence-electron chi connectivity index (χ3n) is 2.88. The summed E-state index contributed by atoms with van der Waals surface area (Å²) in [5.74, 6) is 1.11. The molecule has 1 N–H and O–H groups in total. The maximum Gasteiger partial charge on any atom is 0.223 e. The number of rotatable bonds is 5. The van der Waals surface area contributed by atoms with Gasteiger partial charge in [0.1, 0.15) is 0 Å². The fourth-order valence-electron chi connectivity index (χ4n) is 1.93. The summed E-state index contributed by atoms with van der Waals surface area (Å²) in [6.45, 7) is 9.23. The first-order chi connectivity index (χ1) is 9.04. The topological polar surface area (TPSA) is 55.6 Å². The number of hydrogen-bond donors (Lipinski definition) is 1. The van der Waals surface area contributed by atoms with Gasteiger partial charge in [0.15, 0.2) is 0 Å². The summed E-state index contributed by atoms with van der Waals surface area (Å²) >= 11 is 0. The number of imidazole rings is 1. The largest absolute Gasteiger partial charge is 0.350 e. The van der Waals surface area contributed by atoms with E-state index in [0.717, 1.165) is 17.9 Å². The van der Waals surface area contributed by atoms with E-state index in [0.29, 0.717) is 11.9 Å². The molecule has 0 bridgehead atoms. The third kappa shape index (κ3) is 3.77. The van der Waals surface area contributed by atoms with Gasteiger partial charge in [-0.05, 0) is 25.8 Å². The van der Waals surface area contributed by atoms with Crippen LogP contribution in [0.5, 0.6) is 0 Å². The molecule has 2 aromatic heterocycles. The Kier molecular flexibility index (Phi) is 4.14. The van der Waals surface area contributed by atoms with Crippen LogP contribution in [0.4, 0.5) is 5.95 Å². The summed E-state index contributed by atoms with van der Waals surface area (Å²) in [5, 5.41) is 3.35.